The Kier molecular flexibility index (Phi) is 26.0. The lowest BCUT2D eigenvalue weighted by Crippen LogP contribution is -2.62. The lowest BCUT2D eigenvalue weighted by Gasteiger charge is -2.45. The van der Waals surface area contributed by atoms with Gasteiger partial charge in [0.15, 0.2) is 16.6 Å². The minimum absolute atomic E-state index is 0.151. The summed E-state index contributed by atoms with van der Waals surface area (Å²) in [6, 6.07) is 1.54. The van der Waals surface area contributed by atoms with E-state index < -0.39 is 126 Å². The van der Waals surface area contributed by atoms with Crippen LogP contribution in [0.1, 0.15) is 19.8 Å². The van der Waals surface area contributed by atoms with Crippen LogP contribution in [0.3, 0.4) is 0 Å². The fraction of sp³-hybridized carbons (Fsp3) is 0.892. The number of hydrogen-bond donors (Lipinski definition) is 2. The molecule has 0 saturated heterocycles. The second-order valence-corrected chi connectivity index (χ2v) is 67.6. The van der Waals surface area contributed by atoms with E-state index in [1.165, 1.54) is 7.11 Å². The van der Waals surface area contributed by atoms with Gasteiger partial charge in [0.25, 0.3) is 0 Å². The van der Waals surface area contributed by atoms with Gasteiger partial charge in [0, 0.05) is 13.1 Å². The van der Waals surface area contributed by atoms with Crippen LogP contribution in [0.25, 0.3) is 0 Å². The number of carbonyl (C=O) groups excluding carboxylic acids is 4. The van der Waals surface area contributed by atoms with Gasteiger partial charge >= 0.3 is 109 Å². The molecule has 0 spiro atoms. The van der Waals surface area contributed by atoms with Crippen LogP contribution in [0, 0.1) is 0 Å². The molecule has 0 aliphatic carbocycles. The second kappa shape index (κ2) is 26.0. The second-order valence-electron chi connectivity index (χ2n) is 22.6. The highest BCUT2D eigenvalue weighted by atomic mass is 28.5. The third-order valence-electron chi connectivity index (χ3n) is 8.78. The lowest BCUT2D eigenvalue weighted by molar-refractivity contribution is -0.154. The monoisotopic (exact) mass is 1170 g/mol. The Morgan fingerprint density at radius 3 is 0.750 bits per heavy atom. The first-order chi connectivity index (χ1) is 30.0. The Labute approximate surface area is 423 Å². The molecule has 0 aromatic carbocycles. The Morgan fingerprint density at radius 2 is 0.544 bits per heavy atom. The van der Waals surface area contributed by atoms with Gasteiger partial charge in [0.1, 0.15) is 0 Å². The molecule has 0 saturated carbocycles. The predicted octanol–water partition coefficient (Wildman–Crippen LogP) is 8.35. The molecule has 68 heavy (non-hydrogen) atoms. The summed E-state index contributed by atoms with van der Waals surface area (Å²) in [5.41, 5.74) is 0. The van der Waals surface area contributed by atoms with Gasteiger partial charge in [-0.25, -0.2) is 9.59 Å². The molecule has 0 aromatic heterocycles. The molecule has 0 atom stereocenters. The summed E-state index contributed by atoms with van der Waals surface area (Å²) in [7, 11) is -31.0. The Hall–Kier alpha value is 0.0426. The maximum Gasteiger partial charge on any atom is 0.396 e. The molecule has 0 aromatic rings. The van der Waals surface area contributed by atoms with Crippen molar-refractivity contribution in [3.8, 4) is 0 Å². The molecule has 0 radical (unpaired) electrons. The number of hydrogen-bond acceptors (Lipinski definition) is 17. The number of rotatable bonds is 31. The van der Waals surface area contributed by atoms with Crippen molar-refractivity contribution >= 4 is 126 Å². The van der Waals surface area contributed by atoms with Gasteiger partial charge < -0.3 is 65.4 Å². The quantitative estimate of drug-likeness (QED) is 0.0289. The van der Waals surface area contributed by atoms with Gasteiger partial charge in [-0.3, -0.25) is 9.59 Å². The minimum atomic E-state index is -2.84. The van der Waals surface area contributed by atoms with Crippen molar-refractivity contribution in [2.45, 2.75) is 189 Å². The van der Waals surface area contributed by atoms with Gasteiger partial charge in [-0.2, -0.15) is 0 Å². The Balaban J connectivity index is 5.49. The molecule has 2 amide bonds. The van der Waals surface area contributed by atoms with E-state index in [1.807, 2.05) is 131 Å². The summed E-state index contributed by atoms with van der Waals surface area (Å²) in [6.45, 7) is 51.6. The average Bonchev–Trinajstić information content (AvgIpc) is 3.01. The van der Waals surface area contributed by atoms with Gasteiger partial charge in [-0.1, -0.05) is 0 Å². The number of ether oxygens (including phenoxy) is 2. The van der Waals surface area contributed by atoms with E-state index in [0.717, 1.165) is 12.1 Å². The fourth-order valence-electron chi connectivity index (χ4n) is 8.83. The molecule has 0 bridgehead atoms. The maximum absolute atomic E-state index is 11.9. The van der Waals surface area contributed by atoms with E-state index >= 15 is 0 Å². The fourth-order valence-corrected chi connectivity index (χ4v) is 70.4. The zero-order chi connectivity index (χ0) is 53.9. The van der Waals surface area contributed by atoms with Crippen molar-refractivity contribution in [1.29, 1.82) is 0 Å². The van der Waals surface area contributed by atoms with Gasteiger partial charge in [-0.15, -0.1) is 0 Å². The molecule has 0 aliphatic rings. The van der Waals surface area contributed by atoms with Crippen LogP contribution in [0.2, 0.25) is 169 Å². The van der Waals surface area contributed by atoms with Gasteiger partial charge in [0.05, 0.1) is 13.7 Å². The van der Waals surface area contributed by atoms with Crippen LogP contribution in [0.4, 0.5) is 0 Å². The highest BCUT2D eigenvalue weighted by Crippen LogP contribution is 2.32. The SMILES string of the molecule is CCOC(=O)C(=O)NCCC[Si](C)(C)O[Si](C)(C)O[Si](C)(C)O[Si](C)(C)O[Si](C)(C)O[Si](C)(C)O[Si](C)(C)O[Si](C)(C)O[Si](C)(C)O[Si](C)(C)O[Si](C)(C)O[Si](C)(C)CCCNC(=O)C(=O)OC. The highest BCUT2D eigenvalue weighted by Gasteiger charge is 2.51. The number of amides is 2. The van der Waals surface area contributed by atoms with E-state index in [9.17, 15) is 19.2 Å². The van der Waals surface area contributed by atoms with Crippen LogP contribution in [0.5, 0.6) is 0 Å². The Bertz CT molecular complexity index is 1670. The van der Waals surface area contributed by atoms with E-state index in [0.29, 0.717) is 25.9 Å². The maximum atomic E-state index is 11.9. The topological polar surface area (TPSA) is 212 Å². The first-order valence-electron chi connectivity index (χ1n) is 23.5. The first-order valence-corrected chi connectivity index (χ1v) is 57.9. The molecule has 0 unspecified atom stereocenters. The summed E-state index contributed by atoms with van der Waals surface area (Å²) in [5.74, 6) is -3.26. The lowest BCUT2D eigenvalue weighted by atomic mass is 10.4. The zero-order valence-electron chi connectivity index (χ0n) is 46.9. The predicted molar refractivity (Wildman–Crippen MR) is 295 cm³/mol. The van der Waals surface area contributed by atoms with Gasteiger partial charge in [-0.05, 0) is 189 Å². The van der Waals surface area contributed by atoms with E-state index in [-0.39, 0.29) is 6.61 Å². The summed E-state index contributed by atoms with van der Waals surface area (Å²) >= 11 is 0. The van der Waals surface area contributed by atoms with E-state index in [1.54, 1.807) is 6.92 Å². The molecule has 0 aliphatic heterocycles. The molecule has 31 heteroatoms. The minimum Gasteiger partial charge on any atom is -0.462 e. The van der Waals surface area contributed by atoms with Crippen LogP contribution in [-0.4, -0.2) is 153 Å². The van der Waals surface area contributed by atoms with Crippen molar-refractivity contribution in [2.24, 2.45) is 0 Å². The molecule has 0 rings (SSSR count). The molecule has 402 valence electrons. The number of esters is 2. The van der Waals surface area contributed by atoms with Crippen molar-refractivity contribution in [3.63, 3.8) is 0 Å². The largest absolute Gasteiger partial charge is 0.462 e. The summed E-state index contributed by atoms with van der Waals surface area (Å²) in [6.07, 6.45) is 1.33. The molecule has 19 nitrogen and oxygen atoms in total. The van der Waals surface area contributed by atoms with Gasteiger partial charge in [0.2, 0.25) is 0 Å². The molecular formula is C37H94N2O17Si12. The zero-order valence-corrected chi connectivity index (χ0v) is 58.9. The summed E-state index contributed by atoms with van der Waals surface area (Å²) < 4.78 is 83.9. The van der Waals surface area contributed by atoms with Crippen LogP contribution in [-0.2, 0) is 73.9 Å². The molecule has 2 N–H and O–H groups in total. The van der Waals surface area contributed by atoms with E-state index in [2.05, 4.69) is 41.6 Å². The third kappa shape index (κ3) is 30.9. The standard InChI is InChI=1S/C37H94N2O17Si12/c1-27-45-37(43)35(41)39-31-29-33-58(5,6)47-60(9,10)49-62(13,14)51-64(17,18)53-66(21,22)55-68(25,26)56-67(23,24)54-65(19,20)52-63(15,16)50-61(11,12)48-59(7,8)46-57(3,4)32-28-30-38-34(40)36(42)44-2/h27-33H2,1-26H3,(H,38,40)(H,39,41). The van der Waals surface area contributed by atoms with Crippen molar-refractivity contribution < 1.29 is 73.9 Å². The molecule has 0 heterocycles. The van der Waals surface area contributed by atoms with Crippen molar-refractivity contribution in [2.75, 3.05) is 26.8 Å². The summed E-state index contributed by atoms with van der Waals surface area (Å²) in [4.78, 5) is 46.7. The smallest absolute Gasteiger partial charge is 0.396 e. The summed E-state index contributed by atoms with van der Waals surface area (Å²) in [5, 5.41) is 5.21. The molecular weight excluding hydrogens is 1080 g/mol. The number of carbonyl (C=O) groups is 4. The molecule has 0 fully saturated rings. The van der Waals surface area contributed by atoms with Crippen molar-refractivity contribution in [3.05, 3.63) is 0 Å². The number of methoxy groups -OCH3 is 1. The van der Waals surface area contributed by atoms with Crippen molar-refractivity contribution in [1.82, 2.24) is 10.6 Å². The number of nitrogens with one attached hydrogen (secondary N) is 2. The Morgan fingerprint density at radius 1 is 0.338 bits per heavy atom. The first kappa shape index (κ1) is 68.0. The average molecular weight is 1180 g/mol. The highest BCUT2D eigenvalue weighted by molar-refractivity contribution is 6.94. The normalized spacial score (nSPS) is 14.4. The van der Waals surface area contributed by atoms with Crippen LogP contribution < -0.4 is 10.6 Å². The van der Waals surface area contributed by atoms with Crippen LogP contribution in [0.15, 0.2) is 0 Å². The third-order valence-corrected chi connectivity index (χ3v) is 55.6. The van der Waals surface area contributed by atoms with E-state index in [4.69, 9.17) is 50.0 Å². The van der Waals surface area contributed by atoms with Crippen LogP contribution >= 0.6 is 0 Å².